The molecular formula is C15H21N7O2. The largest absolute Gasteiger partial charge is 0.385 e. The first kappa shape index (κ1) is 16.2. The number of nitrogens with zero attached hydrogens (tertiary/aromatic N) is 4. The molecule has 2 aliphatic rings. The fraction of sp³-hybridized carbons (Fsp3) is 0.400. The van der Waals surface area contributed by atoms with Crippen molar-refractivity contribution in [2.75, 3.05) is 38.1 Å². The lowest BCUT2D eigenvalue weighted by molar-refractivity contribution is -0.384. The Morgan fingerprint density at radius 2 is 2.04 bits per heavy atom. The normalized spacial score (nSPS) is 24.4. The lowest BCUT2D eigenvalue weighted by Crippen LogP contribution is -2.46. The summed E-state index contributed by atoms with van der Waals surface area (Å²) in [4.78, 5) is 19.4. The van der Waals surface area contributed by atoms with Crippen LogP contribution >= 0.6 is 0 Å². The van der Waals surface area contributed by atoms with Gasteiger partial charge in [0.25, 0.3) is 5.69 Å². The summed E-state index contributed by atoms with van der Waals surface area (Å²) in [7, 11) is 2.07. The van der Waals surface area contributed by atoms with Crippen LogP contribution in [-0.2, 0) is 5.66 Å². The van der Waals surface area contributed by atoms with Crippen molar-refractivity contribution in [2.45, 2.75) is 5.66 Å². The number of nitrogens with two attached hydrogens (primary N) is 2. The zero-order valence-electron chi connectivity index (χ0n) is 13.5. The lowest BCUT2D eigenvalue weighted by atomic mass is 9.96. The summed E-state index contributed by atoms with van der Waals surface area (Å²) >= 11 is 0. The predicted octanol–water partition coefficient (Wildman–Crippen LogP) is -0.110. The first-order valence-electron chi connectivity index (χ1n) is 7.69. The van der Waals surface area contributed by atoms with Crippen LogP contribution in [0.4, 0.5) is 11.4 Å². The third-order valence-corrected chi connectivity index (χ3v) is 4.35. The molecule has 0 amide bonds. The molecule has 2 aliphatic heterocycles. The van der Waals surface area contributed by atoms with Gasteiger partial charge in [-0.15, -0.1) is 0 Å². The second kappa shape index (κ2) is 6.10. The van der Waals surface area contributed by atoms with Gasteiger partial charge in [-0.25, -0.2) is 4.99 Å². The van der Waals surface area contributed by atoms with Crippen LogP contribution in [0.2, 0.25) is 0 Å². The van der Waals surface area contributed by atoms with Crippen molar-refractivity contribution in [1.29, 1.82) is 0 Å². The van der Waals surface area contributed by atoms with Gasteiger partial charge in [-0.2, -0.15) is 0 Å². The number of aliphatic imine (C=N–C) groups is 1. The zero-order chi connectivity index (χ0) is 17.3. The predicted molar refractivity (Wildman–Crippen MR) is 92.6 cm³/mol. The van der Waals surface area contributed by atoms with E-state index in [1.165, 1.54) is 18.5 Å². The Morgan fingerprint density at radius 1 is 1.33 bits per heavy atom. The zero-order valence-corrected chi connectivity index (χ0v) is 13.5. The summed E-state index contributed by atoms with van der Waals surface area (Å²) < 4.78 is 0. The van der Waals surface area contributed by atoms with E-state index >= 15 is 0 Å². The van der Waals surface area contributed by atoms with Gasteiger partial charge in [0.05, 0.1) is 11.3 Å². The number of rotatable bonds is 3. The van der Waals surface area contributed by atoms with E-state index in [1.807, 2.05) is 0 Å². The minimum atomic E-state index is -1.24. The standard InChI is InChI=1S/C15H21N7O2/c1-20-4-6-21(7-5-20)13-3-2-11(22(23)24)8-12(13)15(17)9-14(16)18-10-19-15/h2-3,8-10H,4-7,16-17H2,1H3,(H,18,19). The molecule has 0 spiro atoms. The molecule has 0 saturated carbocycles. The number of nitrogens with one attached hydrogen (secondary N) is 1. The van der Waals surface area contributed by atoms with Crippen LogP contribution in [-0.4, -0.2) is 49.4 Å². The van der Waals surface area contributed by atoms with Crippen LogP contribution in [0.1, 0.15) is 5.56 Å². The van der Waals surface area contributed by atoms with Crippen molar-refractivity contribution in [3.05, 3.63) is 45.8 Å². The van der Waals surface area contributed by atoms with Gasteiger partial charge in [-0.3, -0.25) is 15.8 Å². The van der Waals surface area contributed by atoms with Crippen molar-refractivity contribution in [3.8, 4) is 0 Å². The van der Waals surface area contributed by atoms with E-state index in [4.69, 9.17) is 11.5 Å². The van der Waals surface area contributed by atoms with Gasteiger partial charge in [-0.1, -0.05) is 0 Å². The fourth-order valence-electron chi connectivity index (χ4n) is 2.96. The molecule has 1 fully saturated rings. The highest BCUT2D eigenvalue weighted by atomic mass is 16.6. The van der Waals surface area contributed by atoms with E-state index in [2.05, 4.69) is 27.2 Å². The number of piperazine rings is 1. The van der Waals surface area contributed by atoms with E-state index in [0.29, 0.717) is 11.4 Å². The molecule has 0 aromatic heterocycles. The molecule has 1 saturated heterocycles. The molecule has 1 unspecified atom stereocenters. The number of nitro benzene ring substituents is 1. The van der Waals surface area contributed by atoms with Gasteiger partial charge >= 0.3 is 0 Å². The van der Waals surface area contributed by atoms with Crippen LogP contribution in [0.15, 0.2) is 35.1 Å². The van der Waals surface area contributed by atoms with Crippen LogP contribution < -0.4 is 21.7 Å². The highest BCUT2D eigenvalue weighted by molar-refractivity contribution is 5.67. The molecule has 3 rings (SSSR count). The molecule has 5 N–H and O–H groups in total. The minimum absolute atomic E-state index is 0.0200. The summed E-state index contributed by atoms with van der Waals surface area (Å²) in [5.41, 5.74) is 12.4. The van der Waals surface area contributed by atoms with E-state index < -0.39 is 10.6 Å². The lowest BCUT2D eigenvalue weighted by Gasteiger charge is -2.37. The maximum Gasteiger partial charge on any atom is 0.270 e. The number of anilines is 1. The van der Waals surface area contributed by atoms with Crippen LogP contribution in [0, 0.1) is 10.1 Å². The van der Waals surface area contributed by atoms with Gasteiger partial charge in [0, 0.05) is 55.6 Å². The second-order valence-electron chi connectivity index (χ2n) is 6.08. The summed E-state index contributed by atoms with van der Waals surface area (Å²) in [6.07, 6.45) is 2.99. The Morgan fingerprint density at radius 3 is 2.67 bits per heavy atom. The molecule has 0 bridgehead atoms. The molecule has 24 heavy (non-hydrogen) atoms. The molecule has 1 aromatic carbocycles. The molecule has 9 nitrogen and oxygen atoms in total. The first-order chi connectivity index (χ1) is 11.4. The van der Waals surface area contributed by atoms with Gasteiger partial charge in [-0.05, 0) is 13.1 Å². The molecule has 9 heteroatoms. The summed E-state index contributed by atoms with van der Waals surface area (Å²) in [5.74, 6) is 0.364. The Bertz CT molecular complexity index is 710. The van der Waals surface area contributed by atoms with E-state index in [0.717, 1.165) is 31.9 Å². The molecule has 1 aromatic rings. The van der Waals surface area contributed by atoms with Gasteiger partial charge in [0.1, 0.15) is 5.82 Å². The SMILES string of the molecule is CN1CCN(c2ccc([N+](=O)[O-])cc2C2(N)C=C(N)NC=N2)CC1. The third kappa shape index (κ3) is 3.03. The summed E-state index contributed by atoms with van der Waals surface area (Å²) in [6.45, 7) is 3.46. The molecule has 128 valence electrons. The van der Waals surface area contributed by atoms with Gasteiger partial charge in [0.15, 0.2) is 5.66 Å². The van der Waals surface area contributed by atoms with Crippen LogP contribution in [0.5, 0.6) is 0 Å². The Labute approximate surface area is 139 Å². The van der Waals surface area contributed by atoms with Gasteiger partial charge in [0.2, 0.25) is 0 Å². The third-order valence-electron chi connectivity index (χ3n) is 4.35. The van der Waals surface area contributed by atoms with Crippen molar-refractivity contribution in [2.24, 2.45) is 16.5 Å². The van der Waals surface area contributed by atoms with E-state index in [1.54, 1.807) is 12.1 Å². The fourth-order valence-corrected chi connectivity index (χ4v) is 2.96. The Kier molecular flexibility index (Phi) is 4.12. The molecule has 2 heterocycles. The number of hydrogen-bond acceptors (Lipinski definition) is 8. The maximum absolute atomic E-state index is 11.2. The Hall–Kier alpha value is -2.65. The monoisotopic (exact) mass is 331 g/mol. The molecular weight excluding hydrogens is 310 g/mol. The quantitative estimate of drug-likeness (QED) is 0.521. The number of nitro groups is 1. The number of likely N-dealkylation sites (N-methyl/N-ethyl adjacent to an activating group) is 1. The molecule has 1 atom stereocenters. The van der Waals surface area contributed by atoms with Crippen molar-refractivity contribution < 1.29 is 4.92 Å². The average molecular weight is 331 g/mol. The summed E-state index contributed by atoms with van der Waals surface area (Å²) in [6, 6.07) is 4.73. The second-order valence-corrected chi connectivity index (χ2v) is 6.08. The number of non-ortho nitro benzene ring substituents is 1. The first-order valence-corrected chi connectivity index (χ1v) is 7.69. The smallest absolute Gasteiger partial charge is 0.270 e. The van der Waals surface area contributed by atoms with E-state index in [9.17, 15) is 10.1 Å². The number of benzene rings is 1. The van der Waals surface area contributed by atoms with Crippen LogP contribution in [0.3, 0.4) is 0 Å². The van der Waals surface area contributed by atoms with Crippen molar-refractivity contribution >= 4 is 17.7 Å². The summed E-state index contributed by atoms with van der Waals surface area (Å²) in [5, 5.41) is 14.0. The highest BCUT2D eigenvalue weighted by Gasteiger charge is 2.33. The Balaban J connectivity index is 2.07. The maximum atomic E-state index is 11.2. The number of hydrogen-bond donors (Lipinski definition) is 3. The molecule has 0 radical (unpaired) electrons. The average Bonchev–Trinajstić information content (AvgIpc) is 2.55. The topological polar surface area (TPSA) is 126 Å². The molecule has 0 aliphatic carbocycles. The van der Waals surface area contributed by atoms with Crippen LogP contribution in [0.25, 0.3) is 0 Å². The minimum Gasteiger partial charge on any atom is -0.385 e. The van der Waals surface area contributed by atoms with Crippen molar-refractivity contribution in [3.63, 3.8) is 0 Å². The van der Waals surface area contributed by atoms with Crippen molar-refractivity contribution in [1.82, 2.24) is 10.2 Å². The van der Waals surface area contributed by atoms with Gasteiger partial charge < -0.3 is 20.9 Å². The van der Waals surface area contributed by atoms with E-state index in [-0.39, 0.29) is 5.69 Å². The highest BCUT2D eigenvalue weighted by Crippen LogP contribution is 2.35.